The Bertz CT molecular complexity index is 1030. The number of ether oxygens (including phenoxy) is 3. The Kier molecular flexibility index (Phi) is 5.27. The molecule has 0 radical (unpaired) electrons. The van der Waals surface area contributed by atoms with Crippen molar-refractivity contribution in [2.45, 2.75) is 40.5 Å². The quantitative estimate of drug-likeness (QED) is 0.271. The van der Waals surface area contributed by atoms with Gasteiger partial charge in [0.25, 0.3) is 5.79 Å². The Balaban J connectivity index is 1.52. The summed E-state index contributed by atoms with van der Waals surface area (Å²) < 4.78 is 76.2. The van der Waals surface area contributed by atoms with Crippen LogP contribution in [-0.2, 0) is 24.4 Å². The van der Waals surface area contributed by atoms with E-state index < -0.39 is 49.7 Å². The van der Waals surface area contributed by atoms with E-state index in [0.29, 0.717) is 14.9 Å². The van der Waals surface area contributed by atoms with Crippen LogP contribution in [0.2, 0.25) is 0 Å². The van der Waals surface area contributed by atoms with E-state index in [0.717, 1.165) is 3.57 Å². The first-order valence-electron chi connectivity index (χ1n) is 7.96. The van der Waals surface area contributed by atoms with Crippen LogP contribution in [0.4, 0.5) is 8.78 Å². The number of halogens is 4. The maximum atomic E-state index is 13.4. The lowest BCUT2D eigenvalue weighted by Crippen LogP contribution is -2.54. The topological polar surface area (TPSA) is 119 Å². The van der Waals surface area contributed by atoms with E-state index in [1.807, 2.05) is 22.6 Å². The van der Waals surface area contributed by atoms with Gasteiger partial charge in [0.1, 0.15) is 17.4 Å². The van der Waals surface area contributed by atoms with Gasteiger partial charge < -0.3 is 18.8 Å². The second-order valence-electron chi connectivity index (χ2n) is 6.56. The largest absolute Gasteiger partial charge is 0.743 e. The molecular weight excluding hydrogens is 664 g/mol. The van der Waals surface area contributed by atoms with E-state index >= 15 is 0 Å². The highest BCUT2D eigenvalue weighted by Crippen LogP contribution is 2.57. The highest BCUT2D eigenvalue weighted by molar-refractivity contribution is 14.1. The molecule has 1 aromatic carbocycles. The molecule has 1 aromatic rings. The van der Waals surface area contributed by atoms with Crippen LogP contribution in [0.25, 0.3) is 0 Å². The average Bonchev–Trinajstić information content (AvgIpc) is 3.14. The van der Waals surface area contributed by atoms with Crippen LogP contribution in [0.15, 0.2) is 12.1 Å². The van der Waals surface area contributed by atoms with Gasteiger partial charge in [-0.25, -0.2) is 18.0 Å². The van der Waals surface area contributed by atoms with Gasteiger partial charge in [0, 0.05) is 25.2 Å². The average molecular weight is 673 g/mol. The molecule has 0 aromatic heterocycles. The molecule has 0 aliphatic carbocycles. The van der Waals surface area contributed by atoms with E-state index in [9.17, 15) is 31.3 Å². The Labute approximate surface area is 194 Å². The molecule has 14 heteroatoms. The molecule has 0 saturated carbocycles. The van der Waals surface area contributed by atoms with Crippen molar-refractivity contribution < 1.29 is 45.6 Å². The van der Waals surface area contributed by atoms with Crippen molar-refractivity contribution in [3.8, 4) is 5.75 Å². The van der Waals surface area contributed by atoms with Gasteiger partial charge in [-0.15, -0.1) is 11.8 Å². The van der Waals surface area contributed by atoms with Gasteiger partial charge in [0.2, 0.25) is 0 Å². The number of thioether (sulfide) groups is 1. The first-order valence-corrected chi connectivity index (χ1v) is 12.5. The number of rotatable bonds is 3. The number of benzene rings is 1. The maximum absolute atomic E-state index is 13.4. The molecule has 0 amide bonds. The standard InChI is InChI=1S/C15H10F2I2O8S2/c16-15(17,29(22,23)24)13(21)25-7-3-9-14(4-8(7)28-9)26-6-2-1-5(18)11(19)10(6)12(20)27-14/h1-2,7-9H,3-4H2,(H,22,23,24)/p-1. The van der Waals surface area contributed by atoms with Crippen LogP contribution in [0, 0.1) is 7.14 Å². The van der Waals surface area contributed by atoms with Crippen LogP contribution in [0.5, 0.6) is 5.75 Å². The zero-order valence-electron chi connectivity index (χ0n) is 13.9. The molecule has 3 aliphatic heterocycles. The molecule has 158 valence electrons. The van der Waals surface area contributed by atoms with Crippen LogP contribution >= 0.6 is 56.9 Å². The molecule has 29 heavy (non-hydrogen) atoms. The number of hydrogen-bond donors (Lipinski definition) is 0. The van der Waals surface area contributed by atoms with Gasteiger partial charge in [0.15, 0.2) is 10.1 Å². The third-order valence-electron chi connectivity index (χ3n) is 4.80. The van der Waals surface area contributed by atoms with Gasteiger partial charge in [-0.05, 0) is 57.3 Å². The molecule has 1 spiro atoms. The lowest BCUT2D eigenvalue weighted by atomic mass is 9.90. The zero-order chi connectivity index (χ0) is 21.4. The molecule has 2 saturated heterocycles. The molecule has 2 bridgehead atoms. The second kappa shape index (κ2) is 7.03. The highest BCUT2D eigenvalue weighted by atomic mass is 127. The number of carbonyl (C=O) groups excluding carboxylic acids is 2. The molecule has 4 rings (SSSR count). The summed E-state index contributed by atoms with van der Waals surface area (Å²) in [6, 6.07) is 3.43. The Morgan fingerprint density at radius 3 is 2.62 bits per heavy atom. The number of alkyl halides is 2. The maximum Gasteiger partial charge on any atom is 0.428 e. The van der Waals surface area contributed by atoms with Crippen molar-refractivity contribution in [1.29, 1.82) is 0 Å². The normalized spacial score (nSPS) is 30.7. The molecular formula is C15H9F2I2O8S2-. The fourth-order valence-corrected chi connectivity index (χ4v) is 6.62. The van der Waals surface area contributed by atoms with Crippen molar-refractivity contribution in [3.05, 3.63) is 24.8 Å². The van der Waals surface area contributed by atoms with Crippen molar-refractivity contribution in [1.82, 2.24) is 0 Å². The Morgan fingerprint density at radius 1 is 1.34 bits per heavy atom. The first kappa shape index (κ1) is 21.8. The molecule has 3 aliphatic rings. The molecule has 4 unspecified atom stereocenters. The van der Waals surface area contributed by atoms with Crippen LogP contribution in [0.1, 0.15) is 23.2 Å². The lowest BCUT2D eigenvalue weighted by molar-refractivity contribution is -0.185. The minimum absolute atomic E-state index is 0.000131. The highest BCUT2D eigenvalue weighted by Gasteiger charge is 2.64. The van der Waals surface area contributed by atoms with E-state index in [2.05, 4.69) is 27.3 Å². The predicted octanol–water partition coefficient (Wildman–Crippen LogP) is 2.47. The fraction of sp³-hybridized carbons (Fsp3) is 0.467. The van der Waals surface area contributed by atoms with E-state index in [4.69, 9.17) is 9.47 Å². The lowest BCUT2D eigenvalue weighted by Gasteiger charge is -2.41. The molecule has 8 nitrogen and oxygen atoms in total. The Morgan fingerprint density at radius 2 is 2.03 bits per heavy atom. The van der Waals surface area contributed by atoms with E-state index in [1.54, 1.807) is 12.1 Å². The minimum atomic E-state index is -6.19. The second-order valence-corrected chi connectivity index (χ2v) is 11.7. The van der Waals surface area contributed by atoms with Gasteiger partial charge >= 0.3 is 17.2 Å². The zero-order valence-corrected chi connectivity index (χ0v) is 19.8. The predicted molar refractivity (Wildman–Crippen MR) is 110 cm³/mol. The summed E-state index contributed by atoms with van der Waals surface area (Å²) in [5, 5.41) is -6.25. The van der Waals surface area contributed by atoms with Gasteiger partial charge in [-0.3, -0.25) is 0 Å². The third-order valence-corrected chi connectivity index (χ3v) is 10.3. The summed E-state index contributed by atoms with van der Waals surface area (Å²) in [4.78, 5) is 24.1. The molecule has 0 N–H and O–H groups in total. The number of esters is 2. The summed E-state index contributed by atoms with van der Waals surface area (Å²) in [6.07, 6.45) is -1.000. The van der Waals surface area contributed by atoms with Crippen LogP contribution < -0.4 is 4.74 Å². The third kappa shape index (κ3) is 3.41. The SMILES string of the molecule is O=C1OC2(CC3SC2CC3OC(=O)C(F)(F)S(=O)(=O)[O-])Oc2ccc(I)c(I)c21. The summed E-state index contributed by atoms with van der Waals surface area (Å²) in [5.41, 5.74) is 0.305. The molecule has 2 fully saturated rings. The van der Waals surface area contributed by atoms with Gasteiger partial charge in [0.05, 0.1) is 5.25 Å². The van der Waals surface area contributed by atoms with Crippen molar-refractivity contribution in [2.24, 2.45) is 0 Å². The monoisotopic (exact) mass is 673 g/mol. The summed E-state index contributed by atoms with van der Waals surface area (Å²) in [6.45, 7) is 0. The summed E-state index contributed by atoms with van der Waals surface area (Å²) in [5.74, 6) is -3.96. The smallest absolute Gasteiger partial charge is 0.428 e. The van der Waals surface area contributed by atoms with Crippen LogP contribution in [-0.4, -0.2) is 52.6 Å². The fourth-order valence-electron chi connectivity index (χ4n) is 3.46. The van der Waals surface area contributed by atoms with E-state index in [-0.39, 0.29) is 12.8 Å². The molecule has 4 atom stereocenters. The van der Waals surface area contributed by atoms with Crippen LogP contribution in [0.3, 0.4) is 0 Å². The number of carbonyl (C=O) groups is 2. The minimum Gasteiger partial charge on any atom is -0.743 e. The van der Waals surface area contributed by atoms with E-state index in [1.165, 1.54) is 11.8 Å². The molecule has 3 heterocycles. The summed E-state index contributed by atoms with van der Waals surface area (Å²) in [7, 11) is -6.19. The van der Waals surface area contributed by atoms with Gasteiger partial charge in [-0.2, -0.15) is 8.78 Å². The first-order chi connectivity index (χ1) is 13.4. The van der Waals surface area contributed by atoms with Crippen molar-refractivity contribution in [3.63, 3.8) is 0 Å². The van der Waals surface area contributed by atoms with Gasteiger partial charge in [-0.1, -0.05) is 0 Å². The number of hydrogen-bond acceptors (Lipinski definition) is 9. The Hall–Kier alpha value is -0.460. The van der Waals surface area contributed by atoms with Crippen molar-refractivity contribution >= 4 is 79.0 Å². The summed E-state index contributed by atoms with van der Waals surface area (Å²) >= 11 is 5.32. The van der Waals surface area contributed by atoms with Crippen molar-refractivity contribution in [2.75, 3.05) is 0 Å². The number of fused-ring (bicyclic) bond motifs is 4.